The number of ether oxygens (including phenoxy) is 1. The van der Waals surface area contributed by atoms with E-state index in [0.29, 0.717) is 32.3 Å². The van der Waals surface area contributed by atoms with Crippen LogP contribution in [0.3, 0.4) is 0 Å². The van der Waals surface area contributed by atoms with Gasteiger partial charge in [-0.15, -0.1) is 0 Å². The van der Waals surface area contributed by atoms with Gasteiger partial charge in [0.25, 0.3) is 5.56 Å². The Morgan fingerprint density at radius 2 is 2.19 bits per heavy atom. The smallest absolute Gasteiger partial charge is 0.266 e. The van der Waals surface area contributed by atoms with E-state index < -0.39 is 0 Å². The molecule has 132 valence electrons. The summed E-state index contributed by atoms with van der Waals surface area (Å²) >= 11 is 7.77. The number of fused-ring (bicyclic) bond motifs is 1. The largest absolute Gasteiger partial charge is 0.372 e. The molecule has 2 heterocycles. The number of pyridine rings is 1. The molecule has 0 aliphatic rings. The zero-order valence-electron chi connectivity index (χ0n) is 14.5. The van der Waals surface area contributed by atoms with Crippen LogP contribution in [-0.2, 0) is 4.74 Å². The second kappa shape index (κ2) is 7.92. The Balaban J connectivity index is 2.38. The van der Waals surface area contributed by atoms with Crippen LogP contribution in [0, 0.1) is 18.8 Å². The summed E-state index contributed by atoms with van der Waals surface area (Å²) in [7, 11) is 1.58. The van der Waals surface area contributed by atoms with E-state index >= 15 is 0 Å². The maximum absolute atomic E-state index is 13.1. The highest BCUT2D eigenvalue weighted by Gasteiger charge is 2.15. The first-order valence-corrected chi connectivity index (χ1v) is 9.36. The van der Waals surface area contributed by atoms with Gasteiger partial charge in [0.05, 0.1) is 27.2 Å². The molecule has 5 nitrogen and oxygen atoms in total. The van der Waals surface area contributed by atoms with Crippen LogP contribution in [0.15, 0.2) is 40.5 Å². The van der Waals surface area contributed by atoms with Crippen LogP contribution >= 0.6 is 23.4 Å². The Morgan fingerprint density at radius 1 is 1.38 bits per heavy atom. The highest BCUT2D eigenvalue weighted by molar-refractivity contribution is 7.98. The molecule has 26 heavy (non-hydrogen) atoms. The number of hydrogen-bond donors (Lipinski definition) is 0. The zero-order valence-corrected chi connectivity index (χ0v) is 16.1. The molecular weight excluding hydrogens is 370 g/mol. The van der Waals surface area contributed by atoms with E-state index in [0.717, 1.165) is 5.56 Å². The normalized spacial score (nSPS) is 10.6. The molecule has 0 N–H and O–H groups in total. The number of halogens is 1. The van der Waals surface area contributed by atoms with Gasteiger partial charge in [0, 0.05) is 19.5 Å². The fourth-order valence-electron chi connectivity index (χ4n) is 2.59. The molecule has 0 saturated carbocycles. The van der Waals surface area contributed by atoms with Crippen molar-refractivity contribution >= 4 is 34.3 Å². The van der Waals surface area contributed by atoms with Crippen molar-refractivity contribution in [1.82, 2.24) is 14.5 Å². The first-order valence-electron chi connectivity index (χ1n) is 7.76. The second-order valence-corrected chi connectivity index (χ2v) is 6.66. The molecule has 0 aliphatic heterocycles. The van der Waals surface area contributed by atoms with Gasteiger partial charge < -0.3 is 4.74 Å². The summed E-state index contributed by atoms with van der Waals surface area (Å²) in [6.07, 6.45) is 5.10. The Kier molecular flexibility index (Phi) is 5.62. The predicted octanol–water partition coefficient (Wildman–Crippen LogP) is 3.46. The third-order valence-electron chi connectivity index (χ3n) is 3.78. The Bertz CT molecular complexity index is 1080. The number of nitrogens with zero attached hydrogens (tertiary/aromatic N) is 3. The molecule has 0 unspecified atom stereocenters. The Morgan fingerprint density at radius 3 is 2.88 bits per heavy atom. The average molecular weight is 386 g/mol. The van der Waals surface area contributed by atoms with Crippen LogP contribution in [0.2, 0.25) is 5.02 Å². The van der Waals surface area contributed by atoms with Crippen molar-refractivity contribution in [3.63, 3.8) is 0 Å². The van der Waals surface area contributed by atoms with Crippen molar-refractivity contribution in [2.45, 2.75) is 12.1 Å². The summed E-state index contributed by atoms with van der Waals surface area (Å²) in [5.74, 6) is 5.96. The average Bonchev–Trinajstić information content (AvgIpc) is 2.64. The van der Waals surface area contributed by atoms with E-state index in [4.69, 9.17) is 16.3 Å². The summed E-state index contributed by atoms with van der Waals surface area (Å²) in [5.41, 5.74) is 2.43. The number of aromatic nitrogens is 3. The molecule has 3 rings (SSSR count). The van der Waals surface area contributed by atoms with Crippen molar-refractivity contribution in [2.75, 3.05) is 20.0 Å². The van der Waals surface area contributed by atoms with Crippen molar-refractivity contribution in [2.24, 2.45) is 0 Å². The monoisotopic (exact) mass is 385 g/mol. The minimum Gasteiger partial charge on any atom is -0.372 e. The lowest BCUT2D eigenvalue weighted by Crippen LogP contribution is -2.21. The fraction of sp³-hybridized carbons (Fsp3) is 0.211. The topological polar surface area (TPSA) is 57.0 Å². The van der Waals surface area contributed by atoms with Gasteiger partial charge >= 0.3 is 0 Å². The van der Waals surface area contributed by atoms with Gasteiger partial charge in [-0.1, -0.05) is 47.3 Å². The van der Waals surface area contributed by atoms with Gasteiger partial charge in [-0.25, -0.2) is 9.97 Å². The highest BCUT2D eigenvalue weighted by Crippen LogP contribution is 2.25. The highest BCUT2D eigenvalue weighted by atomic mass is 35.5. The van der Waals surface area contributed by atoms with E-state index in [9.17, 15) is 4.79 Å². The Labute approximate surface area is 160 Å². The maximum Gasteiger partial charge on any atom is 0.266 e. The van der Waals surface area contributed by atoms with E-state index in [1.165, 1.54) is 16.3 Å². The number of aryl methyl sites for hydroxylation is 1. The van der Waals surface area contributed by atoms with Crippen molar-refractivity contribution in [3.8, 4) is 17.5 Å². The van der Waals surface area contributed by atoms with Crippen molar-refractivity contribution in [3.05, 3.63) is 57.1 Å². The molecule has 0 fully saturated rings. The summed E-state index contributed by atoms with van der Waals surface area (Å²) in [4.78, 5) is 21.8. The van der Waals surface area contributed by atoms with Gasteiger partial charge in [0.1, 0.15) is 6.61 Å². The number of para-hydroxylation sites is 1. The summed E-state index contributed by atoms with van der Waals surface area (Å²) in [6, 6.07) is 5.51. The maximum atomic E-state index is 13.1. The van der Waals surface area contributed by atoms with Crippen LogP contribution in [-0.4, -0.2) is 34.5 Å². The van der Waals surface area contributed by atoms with Crippen LogP contribution < -0.4 is 5.56 Å². The molecule has 0 aliphatic carbocycles. The summed E-state index contributed by atoms with van der Waals surface area (Å²) < 4.78 is 6.51. The van der Waals surface area contributed by atoms with Gasteiger partial charge in [0.2, 0.25) is 0 Å². The second-order valence-electron chi connectivity index (χ2n) is 5.48. The van der Waals surface area contributed by atoms with E-state index in [-0.39, 0.29) is 12.2 Å². The van der Waals surface area contributed by atoms with Crippen LogP contribution in [0.25, 0.3) is 16.6 Å². The zero-order chi connectivity index (χ0) is 18.7. The van der Waals surface area contributed by atoms with Crippen LogP contribution in [0.4, 0.5) is 0 Å². The molecule has 3 aromatic rings. The number of hydrogen-bond acceptors (Lipinski definition) is 5. The molecule has 1 aromatic carbocycles. The molecule has 0 bridgehead atoms. The predicted molar refractivity (Wildman–Crippen MR) is 105 cm³/mol. The van der Waals surface area contributed by atoms with E-state index in [1.54, 1.807) is 25.6 Å². The lowest BCUT2D eigenvalue weighted by molar-refractivity contribution is 0.240. The van der Waals surface area contributed by atoms with Gasteiger partial charge in [-0.2, -0.15) is 0 Å². The minimum atomic E-state index is -0.235. The number of rotatable bonds is 3. The van der Waals surface area contributed by atoms with Gasteiger partial charge in [0.15, 0.2) is 5.16 Å². The van der Waals surface area contributed by atoms with Crippen LogP contribution in [0.1, 0.15) is 11.1 Å². The van der Waals surface area contributed by atoms with Crippen molar-refractivity contribution in [1.29, 1.82) is 0 Å². The van der Waals surface area contributed by atoms with E-state index in [1.807, 2.05) is 25.3 Å². The molecule has 7 heteroatoms. The first kappa shape index (κ1) is 18.5. The number of benzene rings is 1. The number of methoxy groups -OCH3 is 1. The molecule has 0 saturated heterocycles. The summed E-state index contributed by atoms with van der Waals surface area (Å²) in [5, 5.41) is 1.47. The van der Waals surface area contributed by atoms with Crippen LogP contribution in [0.5, 0.6) is 0 Å². The molecular formula is C19H16ClN3O2S. The number of thioether (sulfide) groups is 1. The van der Waals surface area contributed by atoms with Crippen molar-refractivity contribution < 1.29 is 4.74 Å². The fourth-order valence-corrected chi connectivity index (χ4v) is 3.25. The lowest BCUT2D eigenvalue weighted by atomic mass is 10.1. The summed E-state index contributed by atoms with van der Waals surface area (Å²) in [6.45, 7) is 2.19. The molecule has 0 spiro atoms. The minimum absolute atomic E-state index is 0.235. The molecule has 0 radical (unpaired) electrons. The Hall–Kier alpha value is -2.33. The van der Waals surface area contributed by atoms with Gasteiger partial charge in [-0.05, 0) is 24.8 Å². The standard InChI is InChI=1S/C19H16ClN3O2S/c1-12-6-4-8-15(20)17(12)23-11-13(7-5-9-25-2)16-14(18(23)24)10-21-19(22-16)26-3/h4,6,8,10-11H,9H2,1-3H3. The first-order chi connectivity index (χ1) is 12.6. The third-order valence-corrected chi connectivity index (χ3v) is 4.65. The molecule has 2 aromatic heterocycles. The van der Waals surface area contributed by atoms with Gasteiger partial charge in [-0.3, -0.25) is 9.36 Å². The lowest BCUT2D eigenvalue weighted by Gasteiger charge is -2.13. The SMILES string of the molecule is COCC#Cc1cn(-c2c(C)cccc2Cl)c(=O)c2cnc(SC)nc12. The molecule has 0 atom stereocenters. The van der Waals surface area contributed by atoms with E-state index in [2.05, 4.69) is 21.8 Å². The third kappa shape index (κ3) is 3.47. The molecule has 0 amide bonds. The quantitative estimate of drug-likeness (QED) is 0.392.